The first kappa shape index (κ1) is 36.9. The molecule has 3 atom stereocenters. The summed E-state index contributed by atoms with van der Waals surface area (Å²) in [7, 11) is 4.49. The number of nitrogens with two attached hydrogens (primary N) is 1. The van der Waals surface area contributed by atoms with Crippen LogP contribution in [0.1, 0.15) is 43.7 Å². The maximum absolute atomic E-state index is 14.1. The van der Waals surface area contributed by atoms with E-state index in [-0.39, 0.29) is 19.3 Å². The molecular weight excluding hydrogens is 648 g/mol. The van der Waals surface area contributed by atoms with Gasteiger partial charge in [-0.25, -0.2) is 4.79 Å². The Bertz CT molecular complexity index is 1960. The minimum Gasteiger partial charge on any atom is -0.496 e. The smallest absolute Gasteiger partial charge is 0.328 e. The van der Waals surface area contributed by atoms with Crippen molar-refractivity contribution in [2.45, 2.75) is 63.6 Å². The van der Waals surface area contributed by atoms with Crippen molar-refractivity contribution in [1.29, 1.82) is 0 Å². The molecule has 0 saturated carbocycles. The zero-order valence-corrected chi connectivity index (χ0v) is 29.5. The standard InChI is InChI=1S/C40H46N4O7/c1-24(45)42-33-23-28-22-26-14-6-9-17-30(26)35(37(28)50-3)34-29-16-8-5-13-25(29)21-27(36(34)49-2)15-7-10-19-32(40(48)51-4)44-38(46)31(43-39(33)47)18-11-12-20-41/h5-10,13-14,16-17,21-22,31-33H,11-12,15,18-20,23,41H2,1-4H3,(H,42,45)(H,43,47)(H,44,46)/b10-7+/t31-,32+,33?/m1/s1. The van der Waals surface area contributed by atoms with Crippen LogP contribution in [0.15, 0.2) is 72.8 Å². The number of unbranched alkanes of at least 4 members (excludes halogenated alkanes) is 1. The molecule has 3 amide bonds. The third-order valence-electron chi connectivity index (χ3n) is 9.19. The Morgan fingerprint density at radius 2 is 1.43 bits per heavy atom. The Morgan fingerprint density at radius 1 is 0.824 bits per heavy atom. The second-order valence-electron chi connectivity index (χ2n) is 12.6. The lowest BCUT2D eigenvalue weighted by atomic mass is 9.87. The van der Waals surface area contributed by atoms with E-state index in [1.807, 2.05) is 66.7 Å². The highest BCUT2D eigenvalue weighted by molar-refractivity contribution is 6.11. The number of fused-ring (bicyclic) bond motifs is 9. The molecule has 1 aliphatic heterocycles. The van der Waals surface area contributed by atoms with E-state index in [9.17, 15) is 19.2 Å². The molecule has 1 heterocycles. The molecule has 0 aliphatic carbocycles. The number of nitrogens with one attached hydrogen (secondary N) is 3. The van der Waals surface area contributed by atoms with Crippen molar-refractivity contribution in [2.75, 3.05) is 27.9 Å². The Kier molecular flexibility index (Phi) is 12.3. The summed E-state index contributed by atoms with van der Waals surface area (Å²) in [6, 6.07) is 17.0. The van der Waals surface area contributed by atoms with Gasteiger partial charge < -0.3 is 35.9 Å². The average molecular weight is 695 g/mol. The van der Waals surface area contributed by atoms with Gasteiger partial charge in [-0.3, -0.25) is 14.4 Å². The Morgan fingerprint density at radius 3 is 2.02 bits per heavy atom. The molecule has 4 aromatic carbocycles. The summed E-state index contributed by atoms with van der Waals surface area (Å²) in [5.74, 6) is -0.955. The van der Waals surface area contributed by atoms with E-state index in [0.29, 0.717) is 42.9 Å². The van der Waals surface area contributed by atoms with E-state index >= 15 is 0 Å². The number of amides is 3. The second-order valence-corrected chi connectivity index (χ2v) is 12.6. The van der Waals surface area contributed by atoms with Gasteiger partial charge in [-0.15, -0.1) is 0 Å². The normalized spacial score (nSPS) is 18.9. The van der Waals surface area contributed by atoms with Gasteiger partial charge in [0.1, 0.15) is 29.6 Å². The van der Waals surface area contributed by atoms with Crippen molar-refractivity contribution in [3.63, 3.8) is 0 Å². The molecule has 5 N–H and O–H groups in total. The highest BCUT2D eigenvalue weighted by atomic mass is 16.5. The Labute approximate surface area is 297 Å². The largest absolute Gasteiger partial charge is 0.496 e. The lowest BCUT2D eigenvalue weighted by molar-refractivity contribution is -0.145. The first-order valence-electron chi connectivity index (χ1n) is 17.2. The van der Waals surface area contributed by atoms with Crippen molar-refractivity contribution in [1.82, 2.24) is 16.0 Å². The van der Waals surface area contributed by atoms with Crippen LogP contribution in [0.3, 0.4) is 0 Å². The molecule has 0 radical (unpaired) electrons. The van der Waals surface area contributed by atoms with Crippen LogP contribution < -0.4 is 31.2 Å². The number of hydrogen-bond acceptors (Lipinski definition) is 8. The maximum atomic E-state index is 14.1. The van der Waals surface area contributed by atoms with Crippen molar-refractivity contribution >= 4 is 45.2 Å². The van der Waals surface area contributed by atoms with Gasteiger partial charge in [0, 0.05) is 24.5 Å². The maximum Gasteiger partial charge on any atom is 0.328 e. The molecule has 268 valence electrons. The molecule has 11 heteroatoms. The van der Waals surface area contributed by atoms with Gasteiger partial charge in [0.25, 0.3) is 0 Å². The van der Waals surface area contributed by atoms with E-state index < -0.39 is 41.8 Å². The number of methoxy groups -OCH3 is 3. The molecule has 4 bridgehead atoms. The highest BCUT2D eigenvalue weighted by Gasteiger charge is 2.31. The molecule has 0 spiro atoms. The lowest BCUT2D eigenvalue weighted by Gasteiger charge is -2.26. The fraction of sp³-hybridized carbons (Fsp3) is 0.350. The van der Waals surface area contributed by atoms with E-state index in [1.54, 1.807) is 14.2 Å². The van der Waals surface area contributed by atoms with Gasteiger partial charge in [0.05, 0.1) is 21.3 Å². The van der Waals surface area contributed by atoms with Crippen LogP contribution in [0.2, 0.25) is 0 Å². The van der Waals surface area contributed by atoms with Crippen LogP contribution in [-0.4, -0.2) is 69.7 Å². The third-order valence-corrected chi connectivity index (χ3v) is 9.19. The molecule has 0 fully saturated rings. The van der Waals surface area contributed by atoms with E-state index in [2.05, 4.69) is 22.0 Å². The molecule has 1 unspecified atom stereocenters. The molecular formula is C40H46N4O7. The van der Waals surface area contributed by atoms with Crippen molar-refractivity contribution in [3.05, 3.63) is 83.9 Å². The molecule has 4 aromatic rings. The van der Waals surface area contributed by atoms with Crippen LogP contribution in [-0.2, 0) is 36.8 Å². The number of allylic oxidation sites excluding steroid dienone is 1. The number of carbonyl (C=O) groups is 4. The van der Waals surface area contributed by atoms with E-state index in [4.69, 9.17) is 19.9 Å². The van der Waals surface area contributed by atoms with Crippen LogP contribution in [0.5, 0.6) is 11.5 Å². The summed E-state index contributed by atoms with van der Waals surface area (Å²) in [4.78, 5) is 53.2. The van der Waals surface area contributed by atoms with Gasteiger partial charge in [-0.05, 0) is 83.5 Å². The van der Waals surface area contributed by atoms with Gasteiger partial charge in [0.2, 0.25) is 17.7 Å². The quantitative estimate of drug-likeness (QED) is 0.119. The third kappa shape index (κ3) is 8.32. The summed E-state index contributed by atoms with van der Waals surface area (Å²) in [6.45, 7) is 1.75. The number of hydrogen-bond donors (Lipinski definition) is 4. The van der Waals surface area contributed by atoms with Crippen molar-refractivity contribution < 1.29 is 33.4 Å². The lowest BCUT2D eigenvalue weighted by Crippen LogP contribution is -2.56. The summed E-state index contributed by atoms with van der Waals surface area (Å²) in [5, 5.41) is 12.2. The summed E-state index contributed by atoms with van der Waals surface area (Å²) in [5.41, 5.74) is 8.92. The topological polar surface area (TPSA) is 158 Å². The fourth-order valence-electron chi connectivity index (χ4n) is 6.82. The van der Waals surface area contributed by atoms with Gasteiger partial charge in [0.15, 0.2) is 0 Å². The molecule has 1 aliphatic rings. The molecule has 0 saturated heterocycles. The monoisotopic (exact) mass is 694 g/mol. The van der Waals surface area contributed by atoms with Crippen LogP contribution in [0, 0.1) is 0 Å². The first-order chi connectivity index (χ1) is 24.7. The van der Waals surface area contributed by atoms with Gasteiger partial charge >= 0.3 is 5.97 Å². The molecule has 5 rings (SSSR count). The minimum atomic E-state index is -1.07. The summed E-state index contributed by atoms with van der Waals surface area (Å²) >= 11 is 0. The number of benzene rings is 4. The molecule has 0 aromatic heterocycles. The molecule has 11 nitrogen and oxygen atoms in total. The first-order valence-corrected chi connectivity index (χ1v) is 17.2. The second kappa shape index (κ2) is 17.0. The zero-order chi connectivity index (χ0) is 36.5. The highest BCUT2D eigenvalue weighted by Crippen LogP contribution is 2.48. The zero-order valence-electron chi connectivity index (χ0n) is 29.5. The van der Waals surface area contributed by atoms with Crippen LogP contribution in [0.25, 0.3) is 32.7 Å². The van der Waals surface area contributed by atoms with E-state index in [0.717, 1.165) is 38.2 Å². The van der Waals surface area contributed by atoms with E-state index in [1.165, 1.54) is 14.0 Å². The fourth-order valence-corrected chi connectivity index (χ4v) is 6.82. The molecule has 51 heavy (non-hydrogen) atoms. The van der Waals surface area contributed by atoms with Gasteiger partial charge in [-0.2, -0.15) is 0 Å². The van der Waals surface area contributed by atoms with Crippen molar-refractivity contribution in [2.24, 2.45) is 5.73 Å². The van der Waals surface area contributed by atoms with Crippen LogP contribution in [0.4, 0.5) is 0 Å². The summed E-state index contributed by atoms with van der Waals surface area (Å²) < 4.78 is 17.4. The Balaban J connectivity index is 1.78. The Hall–Kier alpha value is -5.42. The number of carbonyl (C=O) groups excluding carboxylic acids is 4. The number of esters is 1. The van der Waals surface area contributed by atoms with Crippen LogP contribution >= 0.6 is 0 Å². The predicted octanol–water partition coefficient (Wildman–Crippen LogP) is 4.50. The van der Waals surface area contributed by atoms with Gasteiger partial charge in [-0.1, -0.05) is 60.7 Å². The average Bonchev–Trinajstić information content (AvgIpc) is 3.13. The number of ether oxygens (including phenoxy) is 3. The SMILES string of the molecule is COC(=O)[C@@H]1C/C=C/Cc2cc3ccccc3c(c2OC)-c2c(OC)c(cc3ccccc23)CC(NC(C)=O)C(=O)N[C@H](CCCCN)C(=O)N1. The predicted molar refractivity (Wildman–Crippen MR) is 198 cm³/mol. The summed E-state index contributed by atoms with van der Waals surface area (Å²) in [6.07, 6.45) is 5.89. The minimum absolute atomic E-state index is 0.0526. The van der Waals surface area contributed by atoms with Crippen molar-refractivity contribution in [3.8, 4) is 22.6 Å². The number of rotatable bonds is 8.